The van der Waals surface area contributed by atoms with Crippen LogP contribution in [-0.4, -0.2) is 82.9 Å². The van der Waals surface area contributed by atoms with Crippen molar-refractivity contribution >= 4 is 29.1 Å². The van der Waals surface area contributed by atoms with Crippen LogP contribution in [0.1, 0.15) is 35.8 Å². The number of ketones is 1. The number of hydrogen-bond donors (Lipinski definition) is 0. The average Bonchev–Trinajstić information content (AvgIpc) is 3.36. The summed E-state index contributed by atoms with van der Waals surface area (Å²) < 4.78 is 7.02. The van der Waals surface area contributed by atoms with E-state index in [2.05, 4.69) is 21.0 Å². The molecule has 3 aliphatic rings. The minimum atomic E-state index is -0.189. The minimum Gasteiger partial charge on any atom is -0.377 e. The number of carbonyl (C=O) groups is 2. The number of fused-ring (bicyclic) bond motifs is 2. The van der Waals surface area contributed by atoms with Crippen molar-refractivity contribution in [2.24, 2.45) is 0 Å². The minimum absolute atomic E-state index is 0.146. The van der Waals surface area contributed by atoms with Gasteiger partial charge in [0.1, 0.15) is 5.69 Å². The molecule has 3 fully saturated rings. The van der Waals surface area contributed by atoms with Crippen LogP contribution in [0.2, 0.25) is 5.02 Å². The van der Waals surface area contributed by atoms with Gasteiger partial charge in [-0.15, -0.1) is 0 Å². The van der Waals surface area contributed by atoms with Gasteiger partial charge in [0, 0.05) is 45.8 Å². The third-order valence-electron chi connectivity index (χ3n) is 6.75. The van der Waals surface area contributed by atoms with E-state index in [1.165, 1.54) is 17.2 Å². The van der Waals surface area contributed by atoms with Crippen LogP contribution in [0.5, 0.6) is 0 Å². The summed E-state index contributed by atoms with van der Waals surface area (Å²) in [5, 5.41) is 4.90. The van der Waals surface area contributed by atoms with Crippen LogP contribution < -0.4 is 4.90 Å². The summed E-state index contributed by atoms with van der Waals surface area (Å²) in [5.41, 5.74) is 2.69. The highest BCUT2D eigenvalue weighted by molar-refractivity contribution is 6.33. The Kier molecular flexibility index (Phi) is 5.92. The fraction of sp³-hybridized carbons (Fsp3) is 0.522. The van der Waals surface area contributed by atoms with Crippen LogP contribution in [0.3, 0.4) is 0 Å². The van der Waals surface area contributed by atoms with Gasteiger partial charge in [-0.05, 0) is 30.5 Å². The summed E-state index contributed by atoms with van der Waals surface area (Å²) in [5.74, 6) is -0.146. The van der Waals surface area contributed by atoms with E-state index in [4.69, 9.17) is 16.3 Å². The predicted octanol–water partition coefficient (Wildman–Crippen LogP) is 2.89. The first-order valence-corrected chi connectivity index (χ1v) is 11.6. The van der Waals surface area contributed by atoms with Gasteiger partial charge in [0.15, 0.2) is 5.78 Å². The zero-order chi connectivity index (χ0) is 22.2. The van der Waals surface area contributed by atoms with Crippen molar-refractivity contribution in [3.63, 3.8) is 0 Å². The van der Waals surface area contributed by atoms with Crippen LogP contribution in [0, 0.1) is 0 Å². The van der Waals surface area contributed by atoms with Crippen molar-refractivity contribution in [3.05, 3.63) is 46.7 Å². The largest absolute Gasteiger partial charge is 0.377 e. The number of rotatable bonds is 4. The van der Waals surface area contributed by atoms with Gasteiger partial charge in [-0.1, -0.05) is 23.7 Å². The second-order valence-electron chi connectivity index (χ2n) is 8.82. The van der Waals surface area contributed by atoms with Gasteiger partial charge >= 0.3 is 6.03 Å². The van der Waals surface area contributed by atoms with Crippen LogP contribution >= 0.6 is 11.6 Å². The summed E-state index contributed by atoms with van der Waals surface area (Å²) in [7, 11) is 0. The number of halogens is 1. The zero-order valence-corrected chi connectivity index (χ0v) is 19.0. The van der Waals surface area contributed by atoms with Gasteiger partial charge in [-0.25, -0.2) is 4.79 Å². The molecule has 1 aromatic carbocycles. The Morgan fingerprint density at radius 1 is 1.09 bits per heavy atom. The molecule has 0 N–H and O–H groups in total. The molecule has 3 aliphatic heterocycles. The number of anilines is 1. The van der Waals surface area contributed by atoms with Crippen molar-refractivity contribution in [3.8, 4) is 0 Å². The van der Waals surface area contributed by atoms with Crippen molar-refractivity contribution in [2.45, 2.75) is 38.4 Å². The molecule has 8 nitrogen and oxygen atoms in total. The van der Waals surface area contributed by atoms with Crippen LogP contribution in [0.4, 0.5) is 10.5 Å². The standard InChI is InChI=1S/C23H28ClN5O3/c1-16(30)21-7-8-28(25-21)23(31)27-11-9-26(10-12-27)13-17-3-2-4-20(24)22(17)29-18-5-6-19(29)15-32-14-18/h2-4,7-8,18-19H,5-6,9-15H2,1H3. The summed E-state index contributed by atoms with van der Waals surface area (Å²) in [6, 6.07) is 8.35. The van der Waals surface area contributed by atoms with Gasteiger partial charge < -0.3 is 14.5 Å². The molecule has 9 heteroatoms. The number of morpholine rings is 1. The molecule has 2 atom stereocenters. The van der Waals surface area contributed by atoms with Crippen LogP contribution in [0.25, 0.3) is 0 Å². The predicted molar refractivity (Wildman–Crippen MR) is 121 cm³/mol. The molecule has 3 saturated heterocycles. The highest BCUT2D eigenvalue weighted by Gasteiger charge is 2.39. The molecule has 0 aliphatic carbocycles. The van der Waals surface area contributed by atoms with E-state index in [0.717, 1.165) is 56.4 Å². The Hall–Kier alpha value is -2.42. The van der Waals surface area contributed by atoms with Crippen molar-refractivity contribution in [1.82, 2.24) is 19.6 Å². The smallest absolute Gasteiger partial charge is 0.344 e. The molecular weight excluding hydrogens is 430 g/mol. The number of piperazine rings is 1. The number of amides is 1. The molecule has 32 heavy (non-hydrogen) atoms. The maximum absolute atomic E-state index is 12.7. The van der Waals surface area contributed by atoms with Crippen molar-refractivity contribution < 1.29 is 14.3 Å². The first kappa shape index (κ1) is 21.4. The van der Waals surface area contributed by atoms with E-state index < -0.39 is 0 Å². The van der Waals surface area contributed by atoms with Crippen LogP contribution in [-0.2, 0) is 11.3 Å². The molecule has 1 amide bonds. The van der Waals surface area contributed by atoms with E-state index in [-0.39, 0.29) is 11.8 Å². The van der Waals surface area contributed by atoms with E-state index in [1.807, 2.05) is 12.1 Å². The molecule has 2 aromatic rings. The van der Waals surface area contributed by atoms with E-state index in [0.29, 0.717) is 30.9 Å². The second-order valence-corrected chi connectivity index (χ2v) is 9.23. The molecular formula is C23H28ClN5O3. The normalized spacial score (nSPS) is 23.6. The number of carbonyl (C=O) groups excluding carboxylic acids is 2. The Morgan fingerprint density at radius 2 is 1.81 bits per heavy atom. The molecule has 1 aromatic heterocycles. The molecule has 4 heterocycles. The fourth-order valence-corrected chi connectivity index (χ4v) is 5.36. The Labute approximate surface area is 192 Å². The van der Waals surface area contributed by atoms with Gasteiger partial charge in [0.05, 0.1) is 36.0 Å². The first-order valence-electron chi connectivity index (χ1n) is 11.2. The topological polar surface area (TPSA) is 70.9 Å². The van der Waals surface area contributed by atoms with Crippen molar-refractivity contribution in [2.75, 3.05) is 44.3 Å². The molecule has 0 spiro atoms. The fourth-order valence-electron chi connectivity index (χ4n) is 5.07. The number of benzene rings is 1. The molecule has 0 radical (unpaired) electrons. The average molecular weight is 458 g/mol. The Balaban J connectivity index is 1.25. The van der Waals surface area contributed by atoms with Crippen molar-refractivity contribution in [1.29, 1.82) is 0 Å². The lowest BCUT2D eigenvalue weighted by Gasteiger charge is -2.39. The Morgan fingerprint density at radius 3 is 2.47 bits per heavy atom. The Bertz CT molecular complexity index is 1000. The number of hydrogen-bond acceptors (Lipinski definition) is 6. The molecule has 0 saturated carbocycles. The molecule has 2 bridgehead atoms. The summed E-state index contributed by atoms with van der Waals surface area (Å²) in [6.07, 6.45) is 3.85. The third-order valence-corrected chi connectivity index (χ3v) is 7.06. The summed E-state index contributed by atoms with van der Waals surface area (Å²) >= 11 is 6.71. The molecule has 2 unspecified atom stereocenters. The van der Waals surface area contributed by atoms with Crippen LogP contribution in [0.15, 0.2) is 30.5 Å². The number of nitrogens with zero attached hydrogens (tertiary/aromatic N) is 5. The number of para-hydroxylation sites is 1. The van der Waals surface area contributed by atoms with Gasteiger partial charge in [-0.3, -0.25) is 9.69 Å². The molecule has 5 rings (SSSR count). The van der Waals surface area contributed by atoms with E-state index >= 15 is 0 Å². The van der Waals surface area contributed by atoms with Gasteiger partial charge in [-0.2, -0.15) is 9.78 Å². The number of ether oxygens (including phenoxy) is 1. The highest BCUT2D eigenvalue weighted by Crippen LogP contribution is 2.40. The lowest BCUT2D eigenvalue weighted by Crippen LogP contribution is -2.50. The third kappa shape index (κ3) is 4.02. The maximum Gasteiger partial charge on any atom is 0.344 e. The monoisotopic (exact) mass is 457 g/mol. The SMILES string of the molecule is CC(=O)c1ccn(C(=O)N2CCN(Cc3cccc(Cl)c3N3C4CCC3COC4)CC2)n1. The van der Waals surface area contributed by atoms with Gasteiger partial charge in [0.25, 0.3) is 0 Å². The number of Topliss-reactive ketones (excluding diaryl/α,β-unsaturated/α-hetero) is 1. The molecule has 170 valence electrons. The first-order chi connectivity index (χ1) is 15.5. The highest BCUT2D eigenvalue weighted by atomic mass is 35.5. The summed E-state index contributed by atoms with van der Waals surface area (Å²) in [4.78, 5) is 30.8. The number of aromatic nitrogens is 2. The van der Waals surface area contributed by atoms with E-state index in [9.17, 15) is 9.59 Å². The van der Waals surface area contributed by atoms with E-state index in [1.54, 1.807) is 17.2 Å². The lowest BCUT2D eigenvalue weighted by molar-refractivity contribution is 0.0903. The lowest BCUT2D eigenvalue weighted by atomic mass is 10.1. The zero-order valence-electron chi connectivity index (χ0n) is 18.2. The quantitative estimate of drug-likeness (QED) is 0.657. The maximum atomic E-state index is 12.7. The summed E-state index contributed by atoms with van der Waals surface area (Å²) in [6.45, 7) is 6.55. The van der Waals surface area contributed by atoms with Gasteiger partial charge in [0.2, 0.25) is 0 Å². The second kappa shape index (κ2) is 8.84.